The van der Waals surface area contributed by atoms with Gasteiger partial charge in [-0.05, 0) is 24.0 Å². The molecule has 1 aliphatic heterocycles. The van der Waals surface area contributed by atoms with Gasteiger partial charge in [0.1, 0.15) is 6.54 Å². The van der Waals surface area contributed by atoms with Crippen LogP contribution >= 0.6 is 0 Å². The zero-order valence-corrected chi connectivity index (χ0v) is 11.7. The summed E-state index contributed by atoms with van der Waals surface area (Å²) in [7, 11) is 1.27. The van der Waals surface area contributed by atoms with Gasteiger partial charge in [0.2, 0.25) is 5.91 Å². The normalized spacial score (nSPS) is 17.9. The van der Waals surface area contributed by atoms with Crippen LogP contribution in [-0.2, 0) is 19.1 Å². The molecule has 1 unspecified atom stereocenters. The topological polar surface area (TPSA) is 83.9 Å². The number of rotatable bonds is 4. The van der Waals surface area contributed by atoms with E-state index in [1.807, 2.05) is 6.07 Å². The van der Waals surface area contributed by atoms with Crippen molar-refractivity contribution < 1.29 is 24.2 Å². The maximum atomic E-state index is 12.2. The Kier molecular flexibility index (Phi) is 4.57. The SMILES string of the molecule is COC(=O)CN1C(=O)CCC(CC(=O)O)c2ccccc21. The summed E-state index contributed by atoms with van der Waals surface area (Å²) >= 11 is 0. The zero-order valence-electron chi connectivity index (χ0n) is 11.7. The van der Waals surface area contributed by atoms with E-state index in [1.54, 1.807) is 18.2 Å². The Bertz CT molecular complexity index is 569. The molecule has 0 saturated carbocycles. The number of anilines is 1. The molecule has 1 aromatic rings. The average molecular weight is 291 g/mol. The van der Waals surface area contributed by atoms with Crippen molar-refractivity contribution in [2.45, 2.75) is 25.2 Å². The third kappa shape index (κ3) is 3.39. The van der Waals surface area contributed by atoms with E-state index in [1.165, 1.54) is 12.0 Å². The molecule has 0 aliphatic carbocycles. The van der Waals surface area contributed by atoms with Crippen LogP contribution in [-0.4, -0.2) is 36.6 Å². The van der Waals surface area contributed by atoms with Crippen molar-refractivity contribution in [1.82, 2.24) is 0 Å². The van der Waals surface area contributed by atoms with E-state index in [9.17, 15) is 14.4 Å². The first-order chi connectivity index (χ1) is 10.0. The molecule has 21 heavy (non-hydrogen) atoms. The molecule has 0 bridgehead atoms. The van der Waals surface area contributed by atoms with Gasteiger partial charge >= 0.3 is 11.9 Å². The van der Waals surface area contributed by atoms with Crippen LogP contribution in [0, 0.1) is 0 Å². The van der Waals surface area contributed by atoms with Gasteiger partial charge in [0.05, 0.1) is 13.5 Å². The molecule has 112 valence electrons. The Morgan fingerprint density at radius 1 is 1.38 bits per heavy atom. The number of methoxy groups -OCH3 is 1. The van der Waals surface area contributed by atoms with E-state index < -0.39 is 11.9 Å². The number of aliphatic carboxylic acids is 1. The second-order valence-electron chi connectivity index (χ2n) is 4.95. The number of carboxylic acids is 1. The number of esters is 1. The summed E-state index contributed by atoms with van der Waals surface area (Å²) in [4.78, 5) is 36.1. The van der Waals surface area contributed by atoms with Crippen LogP contribution in [0.2, 0.25) is 0 Å². The van der Waals surface area contributed by atoms with Gasteiger partial charge in [0.25, 0.3) is 0 Å². The van der Waals surface area contributed by atoms with E-state index in [0.29, 0.717) is 12.1 Å². The van der Waals surface area contributed by atoms with Crippen LogP contribution in [0.1, 0.15) is 30.7 Å². The minimum Gasteiger partial charge on any atom is -0.481 e. The Morgan fingerprint density at radius 3 is 2.76 bits per heavy atom. The molecule has 6 nitrogen and oxygen atoms in total. The second kappa shape index (κ2) is 6.39. The fourth-order valence-corrected chi connectivity index (χ4v) is 2.59. The number of nitrogens with zero attached hydrogens (tertiary/aromatic N) is 1. The van der Waals surface area contributed by atoms with Crippen molar-refractivity contribution in [2.75, 3.05) is 18.6 Å². The van der Waals surface area contributed by atoms with Crippen molar-refractivity contribution in [1.29, 1.82) is 0 Å². The first-order valence-corrected chi connectivity index (χ1v) is 6.70. The Hall–Kier alpha value is -2.37. The summed E-state index contributed by atoms with van der Waals surface area (Å²) in [6.07, 6.45) is 0.639. The van der Waals surface area contributed by atoms with Gasteiger partial charge in [0, 0.05) is 12.1 Å². The molecule has 1 N–H and O–H groups in total. The van der Waals surface area contributed by atoms with Gasteiger partial charge < -0.3 is 14.7 Å². The monoisotopic (exact) mass is 291 g/mol. The molecule has 0 radical (unpaired) electrons. The van der Waals surface area contributed by atoms with Gasteiger partial charge in [0.15, 0.2) is 0 Å². The highest BCUT2D eigenvalue weighted by Gasteiger charge is 2.30. The number of amides is 1. The van der Waals surface area contributed by atoms with Crippen molar-refractivity contribution in [3.05, 3.63) is 29.8 Å². The van der Waals surface area contributed by atoms with E-state index >= 15 is 0 Å². The number of carboxylic acid groups (broad SMARTS) is 1. The molecule has 0 fully saturated rings. The third-order valence-corrected chi connectivity index (χ3v) is 3.61. The van der Waals surface area contributed by atoms with Crippen LogP contribution in [0.4, 0.5) is 5.69 Å². The maximum Gasteiger partial charge on any atom is 0.325 e. The molecule has 0 spiro atoms. The van der Waals surface area contributed by atoms with Crippen LogP contribution in [0.3, 0.4) is 0 Å². The van der Waals surface area contributed by atoms with Crippen LogP contribution in [0.5, 0.6) is 0 Å². The smallest absolute Gasteiger partial charge is 0.325 e. The van der Waals surface area contributed by atoms with Crippen LogP contribution in [0.25, 0.3) is 0 Å². The lowest BCUT2D eigenvalue weighted by molar-refractivity contribution is -0.140. The Balaban J connectivity index is 2.39. The van der Waals surface area contributed by atoms with Crippen molar-refractivity contribution >= 4 is 23.5 Å². The highest BCUT2D eigenvalue weighted by Crippen LogP contribution is 2.36. The van der Waals surface area contributed by atoms with E-state index in [-0.39, 0.29) is 31.2 Å². The largest absolute Gasteiger partial charge is 0.481 e. The molecule has 6 heteroatoms. The number of benzene rings is 1. The van der Waals surface area contributed by atoms with E-state index in [4.69, 9.17) is 5.11 Å². The average Bonchev–Trinajstić information content (AvgIpc) is 2.59. The predicted octanol–water partition coefficient (Wildman–Crippen LogP) is 1.54. The highest BCUT2D eigenvalue weighted by molar-refractivity contribution is 5.99. The van der Waals surface area contributed by atoms with Gasteiger partial charge in [-0.25, -0.2) is 0 Å². The lowest BCUT2D eigenvalue weighted by Gasteiger charge is -2.22. The molecule has 1 aromatic carbocycles. The number of ether oxygens (including phenoxy) is 1. The third-order valence-electron chi connectivity index (χ3n) is 3.61. The maximum absolute atomic E-state index is 12.2. The molecule has 1 amide bonds. The summed E-state index contributed by atoms with van der Waals surface area (Å²) in [5, 5.41) is 9.03. The Labute approximate surface area is 122 Å². The molecule has 1 heterocycles. The summed E-state index contributed by atoms with van der Waals surface area (Å²) in [5.74, 6) is -1.83. The van der Waals surface area contributed by atoms with Gasteiger partial charge in [-0.1, -0.05) is 18.2 Å². The molecule has 0 aromatic heterocycles. The van der Waals surface area contributed by atoms with Crippen molar-refractivity contribution in [2.24, 2.45) is 0 Å². The molecule has 1 aliphatic rings. The Morgan fingerprint density at radius 2 is 2.10 bits per heavy atom. The van der Waals surface area contributed by atoms with Gasteiger partial charge in [-0.2, -0.15) is 0 Å². The molecule has 2 rings (SSSR count). The fraction of sp³-hybridized carbons (Fsp3) is 0.400. The lowest BCUT2D eigenvalue weighted by atomic mass is 9.91. The zero-order chi connectivity index (χ0) is 15.4. The highest BCUT2D eigenvalue weighted by atomic mass is 16.5. The molecular formula is C15H17NO5. The summed E-state index contributed by atoms with van der Waals surface area (Å²) in [6, 6.07) is 7.11. The molecular weight excluding hydrogens is 274 g/mol. The van der Waals surface area contributed by atoms with E-state index in [0.717, 1.165) is 5.56 Å². The number of hydrogen-bond acceptors (Lipinski definition) is 4. The fourth-order valence-electron chi connectivity index (χ4n) is 2.59. The van der Waals surface area contributed by atoms with E-state index in [2.05, 4.69) is 4.74 Å². The number of carbonyl (C=O) groups is 3. The molecule has 1 atom stereocenters. The first-order valence-electron chi connectivity index (χ1n) is 6.70. The minimum atomic E-state index is -0.899. The van der Waals surface area contributed by atoms with Crippen molar-refractivity contribution in [3.63, 3.8) is 0 Å². The summed E-state index contributed by atoms with van der Waals surface area (Å²) in [5.41, 5.74) is 1.38. The standard InChI is InChI=1S/C15H17NO5/c1-21-15(20)9-16-12-5-3-2-4-11(12)10(8-14(18)19)6-7-13(16)17/h2-5,10H,6-9H2,1H3,(H,18,19). The quantitative estimate of drug-likeness (QED) is 0.851. The molecule has 0 saturated heterocycles. The number of fused-ring (bicyclic) bond motifs is 1. The number of para-hydroxylation sites is 1. The number of carbonyl (C=O) groups excluding carboxylic acids is 2. The van der Waals surface area contributed by atoms with Gasteiger partial charge in [-0.3, -0.25) is 14.4 Å². The summed E-state index contributed by atoms with van der Waals surface area (Å²) in [6.45, 7) is -0.161. The number of hydrogen-bond donors (Lipinski definition) is 1. The van der Waals surface area contributed by atoms with Crippen molar-refractivity contribution in [3.8, 4) is 0 Å². The minimum absolute atomic E-state index is 0.0314. The van der Waals surface area contributed by atoms with Crippen LogP contribution in [0.15, 0.2) is 24.3 Å². The second-order valence-corrected chi connectivity index (χ2v) is 4.95. The van der Waals surface area contributed by atoms with Gasteiger partial charge in [-0.15, -0.1) is 0 Å². The summed E-state index contributed by atoms with van der Waals surface area (Å²) < 4.78 is 4.62. The lowest BCUT2D eigenvalue weighted by Crippen LogP contribution is -2.35. The first kappa shape index (κ1) is 15.0. The van der Waals surface area contributed by atoms with Crippen LogP contribution < -0.4 is 4.90 Å². The predicted molar refractivity (Wildman–Crippen MR) is 75.0 cm³/mol.